The summed E-state index contributed by atoms with van der Waals surface area (Å²) in [4.78, 5) is -1.05. The fourth-order valence-corrected chi connectivity index (χ4v) is 3.03. The van der Waals surface area contributed by atoms with E-state index in [-0.39, 0.29) is 12.5 Å². The molecule has 0 radical (unpaired) electrons. The second kappa shape index (κ2) is 5.20. The van der Waals surface area contributed by atoms with Crippen molar-refractivity contribution in [2.75, 3.05) is 12.9 Å². The van der Waals surface area contributed by atoms with Crippen molar-refractivity contribution in [1.82, 2.24) is 0 Å². The van der Waals surface area contributed by atoms with Gasteiger partial charge < -0.3 is 25.8 Å². The first-order valence-electron chi connectivity index (χ1n) is 5.35. The van der Waals surface area contributed by atoms with Crippen LogP contribution in [-0.4, -0.2) is 57.5 Å². The summed E-state index contributed by atoms with van der Waals surface area (Å²) in [7, 11) is 0. The van der Waals surface area contributed by atoms with Gasteiger partial charge in [-0.3, -0.25) is 0 Å². The molecule has 5 unspecified atom stereocenters. The Morgan fingerprint density at radius 3 is 2.38 bits per heavy atom. The Kier molecular flexibility index (Phi) is 4.62. The second-order valence-corrected chi connectivity index (χ2v) is 5.56. The molecule has 1 aliphatic rings. The quantitative estimate of drug-likeness (QED) is 0.521. The highest BCUT2D eigenvalue weighted by atomic mass is 32.2. The van der Waals surface area contributed by atoms with Crippen molar-refractivity contribution in [1.29, 1.82) is 0 Å². The van der Waals surface area contributed by atoms with E-state index in [4.69, 9.17) is 10.5 Å². The zero-order valence-corrected chi connectivity index (χ0v) is 10.6. The smallest absolute Gasteiger partial charge is 0.157 e. The van der Waals surface area contributed by atoms with Crippen LogP contribution in [0.4, 0.5) is 0 Å². The topological polar surface area (TPSA) is 95.9 Å². The highest BCUT2D eigenvalue weighted by molar-refractivity contribution is 7.99. The van der Waals surface area contributed by atoms with Gasteiger partial charge in [-0.25, -0.2) is 0 Å². The molecular weight excluding hydrogens is 230 g/mol. The van der Waals surface area contributed by atoms with Gasteiger partial charge in [0.25, 0.3) is 0 Å². The molecule has 0 amide bonds. The van der Waals surface area contributed by atoms with E-state index in [0.29, 0.717) is 0 Å². The summed E-state index contributed by atoms with van der Waals surface area (Å²) in [6, 6.07) is -0.417. The number of rotatable bonds is 3. The van der Waals surface area contributed by atoms with E-state index in [1.165, 1.54) is 11.8 Å². The largest absolute Gasteiger partial charge is 0.388 e. The lowest BCUT2D eigenvalue weighted by Gasteiger charge is -2.48. The Morgan fingerprint density at radius 1 is 1.38 bits per heavy atom. The van der Waals surface area contributed by atoms with Gasteiger partial charge in [0, 0.05) is 6.04 Å². The highest BCUT2D eigenvalue weighted by Gasteiger charge is 2.53. The van der Waals surface area contributed by atoms with Gasteiger partial charge in [-0.2, -0.15) is 0 Å². The van der Waals surface area contributed by atoms with Gasteiger partial charge in [-0.05, 0) is 12.2 Å². The SMILES string of the molecule is CSC1(C(N)C(C)C)OCC(O)C(O)C1O. The molecule has 1 heterocycles. The number of thioether (sulfide) groups is 1. The van der Waals surface area contributed by atoms with Crippen LogP contribution in [0.1, 0.15) is 13.8 Å². The Morgan fingerprint density at radius 2 is 1.94 bits per heavy atom. The summed E-state index contributed by atoms with van der Waals surface area (Å²) in [5.41, 5.74) is 6.04. The summed E-state index contributed by atoms with van der Waals surface area (Å²) >= 11 is 1.28. The molecule has 16 heavy (non-hydrogen) atoms. The Bertz CT molecular complexity index is 241. The van der Waals surface area contributed by atoms with Gasteiger partial charge in [0.05, 0.1) is 6.61 Å². The monoisotopic (exact) mass is 251 g/mol. The molecule has 1 saturated heterocycles. The molecule has 5 atom stereocenters. The fourth-order valence-electron chi connectivity index (χ4n) is 1.92. The van der Waals surface area contributed by atoms with Crippen molar-refractivity contribution in [2.24, 2.45) is 11.7 Å². The first-order valence-corrected chi connectivity index (χ1v) is 6.58. The minimum Gasteiger partial charge on any atom is -0.388 e. The van der Waals surface area contributed by atoms with Crippen LogP contribution in [0.25, 0.3) is 0 Å². The van der Waals surface area contributed by atoms with Crippen molar-refractivity contribution in [2.45, 2.75) is 43.1 Å². The number of aliphatic hydroxyl groups excluding tert-OH is 3. The lowest BCUT2D eigenvalue weighted by molar-refractivity contribution is -0.209. The number of hydrogen-bond acceptors (Lipinski definition) is 6. The van der Waals surface area contributed by atoms with Crippen LogP contribution in [0.15, 0.2) is 0 Å². The maximum atomic E-state index is 10.0. The zero-order chi connectivity index (χ0) is 12.5. The van der Waals surface area contributed by atoms with Crippen molar-refractivity contribution < 1.29 is 20.1 Å². The third-order valence-corrected chi connectivity index (χ3v) is 4.38. The van der Waals surface area contributed by atoms with Gasteiger partial charge in [0.2, 0.25) is 0 Å². The molecule has 0 aromatic heterocycles. The first-order chi connectivity index (χ1) is 7.36. The van der Waals surface area contributed by atoms with Gasteiger partial charge in [-0.15, -0.1) is 11.8 Å². The van der Waals surface area contributed by atoms with Gasteiger partial charge in [0.15, 0.2) is 4.93 Å². The van der Waals surface area contributed by atoms with Crippen LogP contribution in [-0.2, 0) is 4.74 Å². The molecule has 96 valence electrons. The number of hydrogen-bond donors (Lipinski definition) is 4. The minimum absolute atomic E-state index is 0.0144. The van der Waals surface area contributed by atoms with Gasteiger partial charge >= 0.3 is 0 Å². The van der Waals surface area contributed by atoms with Gasteiger partial charge in [-0.1, -0.05) is 13.8 Å². The average Bonchev–Trinajstić information content (AvgIpc) is 2.26. The molecule has 1 rings (SSSR count). The Hall–Kier alpha value is 0.150. The molecule has 1 aliphatic heterocycles. The van der Waals surface area contributed by atoms with Crippen molar-refractivity contribution in [3.8, 4) is 0 Å². The van der Waals surface area contributed by atoms with E-state index in [0.717, 1.165) is 0 Å². The summed E-state index contributed by atoms with van der Waals surface area (Å²) in [6.07, 6.45) is -1.69. The molecule has 5 nitrogen and oxygen atoms in total. The van der Waals surface area contributed by atoms with Crippen LogP contribution in [0, 0.1) is 5.92 Å². The van der Waals surface area contributed by atoms with Crippen molar-refractivity contribution in [3.05, 3.63) is 0 Å². The third-order valence-electron chi connectivity index (χ3n) is 3.11. The predicted octanol–water partition coefficient (Wildman–Crippen LogP) is -0.858. The van der Waals surface area contributed by atoms with E-state index in [1.54, 1.807) is 6.26 Å². The van der Waals surface area contributed by atoms with E-state index < -0.39 is 29.3 Å². The molecule has 0 bridgehead atoms. The van der Waals surface area contributed by atoms with E-state index in [2.05, 4.69) is 0 Å². The predicted molar refractivity (Wildman–Crippen MR) is 63.0 cm³/mol. The molecule has 6 heteroatoms. The maximum absolute atomic E-state index is 10.0. The molecule has 5 N–H and O–H groups in total. The van der Waals surface area contributed by atoms with Crippen LogP contribution in [0.3, 0.4) is 0 Å². The summed E-state index contributed by atoms with van der Waals surface area (Å²) in [5.74, 6) is 0.101. The highest BCUT2D eigenvalue weighted by Crippen LogP contribution is 2.39. The third kappa shape index (κ3) is 2.23. The van der Waals surface area contributed by atoms with Crippen molar-refractivity contribution >= 4 is 11.8 Å². The molecular formula is C10H21NO4S. The number of nitrogens with two attached hydrogens (primary N) is 1. The molecule has 0 aromatic carbocycles. The number of aliphatic hydroxyl groups is 3. The van der Waals surface area contributed by atoms with Crippen molar-refractivity contribution in [3.63, 3.8) is 0 Å². The molecule has 0 aliphatic carbocycles. The van der Waals surface area contributed by atoms with Crippen LogP contribution < -0.4 is 5.73 Å². The second-order valence-electron chi connectivity index (χ2n) is 4.51. The van der Waals surface area contributed by atoms with Crippen LogP contribution in [0.2, 0.25) is 0 Å². The molecule has 0 spiro atoms. The molecule has 0 saturated carbocycles. The Balaban J connectivity index is 2.95. The normalized spacial score (nSPS) is 42.4. The lowest BCUT2D eigenvalue weighted by Crippen LogP contribution is -2.67. The van der Waals surface area contributed by atoms with E-state index in [9.17, 15) is 15.3 Å². The standard InChI is InChI=1S/C10H21NO4S/c1-5(2)8(11)10(16-3)9(14)7(13)6(12)4-15-10/h5-9,12-14H,4,11H2,1-3H3. The van der Waals surface area contributed by atoms with E-state index in [1.807, 2.05) is 13.8 Å². The maximum Gasteiger partial charge on any atom is 0.157 e. The van der Waals surface area contributed by atoms with Gasteiger partial charge in [0.1, 0.15) is 18.3 Å². The van der Waals surface area contributed by atoms with Crippen LogP contribution >= 0.6 is 11.8 Å². The van der Waals surface area contributed by atoms with Crippen LogP contribution in [0.5, 0.6) is 0 Å². The minimum atomic E-state index is -1.22. The number of ether oxygens (including phenoxy) is 1. The Labute approximate surface area is 100.0 Å². The summed E-state index contributed by atoms with van der Waals surface area (Å²) < 4.78 is 5.51. The molecule has 1 fully saturated rings. The summed E-state index contributed by atoms with van der Waals surface area (Å²) in [5, 5.41) is 29.1. The molecule has 0 aromatic rings. The summed E-state index contributed by atoms with van der Waals surface area (Å²) in [6.45, 7) is 3.84. The fraction of sp³-hybridized carbons (Fsp3) is 1.00. The van der Waals surface area contributed by atoms with E-state index >= 15 is 0 Å². The lowest BCUT2D eigenvalue weighted by atomic mass is 9.89. The average molecular weight is 251 g/mol. The zero-order valence-electron chi connectivity index (χ0n) is 9.83. The first kappa shape index (κ1) is 14.2.